The fourth-order valence-electron chi connectivity index (χ4n) is 3.18. The van der Waals surface area contributed by atoms with Gasteiger partial charge in [0.25, 0.3) is 0 Å². The predicted octanol–water partition coefficient (Wildman–Crippen LogP) is 3.30. The lowest BCUT2D eigenvalue weighted by Crippen LogP contribution is -2.41. The van der Waals surface area contributed by atoms with Crippen LogP contribution in [0.5, 0.6) is 0 Å². The zero-order valence-electron chi connectivity index (χ0n) is 11.2. The quantitative estimate of drug-likeness (QED) is 0.716. The fourth-order valence-corrected chi connectivity index (χ4v) is 3.18. The van der Waals surface area contributed by atoms with Gasteiger partial charge < -0.3 is 5.32 Å². The van der Waals surface area contributed by atoms with E-state index in [1.54, 1.807) is 0 Å². The Morgan fingerprint density at radius 1 is 1.00 bits per heavy atom. The molecular formula is C13H27N. The molecule has 0 heterocycles. The van der Waals surface area contributed by atoms with Crippen molar-refractivity contribution >= 4 is 0 Å². The summed E-state index contributed by atoms with van der Waals surface area (Å²) in [6.45, 7) is 16.6. The van der Waals surface area contributed by atoms with Crippen LogP contribution in [0.15, 0.2) is 0 Å². The second-order valence-electron chi connectivity index (χ2n) is 7.05. The highest BCUT2D eigenvalue weighted by Crippen LogP contribution is 2.71. The van der Waals surface area contributed by atoms with Crippen LogP contribution in [0.2, 0.25) is 0 Å². The van der Waals surface area contributed by atoms with Crippen LogP contribution in [0.25, 0.3) is 0 Å². The zero-order chi connectivity index (χ0) is 11.4. The molecule has 0 aliphatic heterocycles. The summed E-state index contributed by atoms with van der Waals surface area (Å²) >= 11 is 0. The molecule has 1 unspecified atom stereocenters. The minimum atomic E-state index is 0.352. The highest BCUT2D eigenvalue weighted by atomic mass is 15.0. The number of hydrogen-bond donors (Lipinski definition) is 1. The summed E-state index contributed by atoms with van der Waals surface area (Å²) in [5.74, 6) is 0.792. The van der Waals surface area contributed by atoms with Crippen LogP contribution < -0.4 is 5.32 Å². The second kappa shape index (κ2) is 2.98. The Morgan fingerprint density at radius 3 is 1.43 bits per heavy atom. The van der Waals surface area contributed by atoms with E-state index in [0.29, 0.717) is 22.3 Å². The molecule has 0 aromatic heterocycles. The van der Waals surface area contributed by atoms with Gasteiger partial charge in [-0.1, -0.05) is 48.5 Å². The van der Waals surface area contributed by atoms with Gasteiger partial charge in [0.2, 0.25) is 0 Å². The molecule has 1 rings (SSSR count). The van der Waals surface area contributed by atoms with Crippen molar-refractivity contribution in [3.8, 4) is 0 Å². The molecule has 84 valence electrons. The summed E-state index contributed by atoms with van der Waals surface area (Å²) in [5, 5.41) is 3.52. The molecule has 1 heteroatoms. The first-order valence-electron chi connectivity index (χ1n) is 5.74. The highest BCUT2D eigenvalue weighted by Gasteiger charge is 2.68. The Balaban J connectivity index is 2.87. The molecule has 1 aliphatic carbocycles. The molecule has 0 radical (unpaired) electrons. The summed E-state index contributed by atoms with van der Waals surface area (Å²) in [6.07, 6.45) is 0. The SMILES string of the molecule is CNC(C1C(C)(C)C1(C)C)C(C)(C)C. The lowest BCUT2D eigenvalue weighted by Gasteiger charge is -2.32. The third-order valence-corrected chi connectivity index (χ3v) is 4.71. The summed E-state index contributed by atoms with van der Waals surface area (Å²) in [6, 6.07) is 0.618. The maximum Gasteiger partial charge on any atom is 0.0151 e. The van der Waals surface area contributed by atoms with E-state index in [2.05, 4.69) is 60.8 Å². The van der Waals surface area contributed by atoms with E-state index in [1.165, 1.54) is 0 Å². The molecule has 1 nitrogen and oxygen atoms in total. The van der Waals surface area contributed by atoms with Gasteiger partial charge in [-0.25, -0.2) is 0 Å². The maximum absolute atomic E-state index is 3.52. The molecule has 1 aliphatic rings. The van der Waals surface area contributed by atoms with Gasteiger partial charge >= 0.3 is 0 Å². The van der Waals surface area contributed by atoms with E-state index in [1.807, 2.05) is 0 Å². The zero-order valence-corrected chi connectivity index (χ0v) is 11.2. The Labute approximate surface area is 89.7 Å². The molecule has 1 saturated carbocycles. The number of rotatable bonds is 2. The summed E-state index contributed by atoms with van der Waals surface area (Å²) < 4.78 is 0. The highest BCUT2D eigenvalue weighted by molar-refractivity contribution is 5.17. The van der Waals surface area contributed by atoms with Crippen LogP contribution in [0.3, 0.4) is 0 Å². The minimum Gasteiger partial charge on any atom is -0.316 e. The summed E-state index contributed by atoms with van der Waals surface area (Å²) in [7, 11) is 2.10. The Kier molecular flexibility index (Phi) is 2.56. The van der Waals surface area contributed by atoms with Gasteiger partial charge in [-0.3, -0.25) is 0 Å². The standard InChI is InChI=1S/C13H27N/c1-11(2,3)10(14-8)9-12(4,5)13(9,6)7/h9-10,14H,1-8H3. The van der Waals surface area contributed by atoms with E-state index >= 15 is 0 Å². The first-order chi connectivity index (χ1) is 6.06. The van der Waals surface area contributed by atoms with E-state index in [9.17, 15) is 0 Å². The smallest absolute Gasteiger partial charge is 0.0151 e. The van der Waals surface area contributed by atoms with Gasteiger partial charge in [0, 0.05) is 6.04 Å². The Morgan fingerprint density at radius 2 is 1.36 bits per heavy atom. The number of hydrogen-bond acceptors (Lipinski definition) is 1. The second-order valence-corrected chi connectivity index (χ2v) is 7.05. The van der Waals surface area contributed by atoms with Gasteiger partial charge in [-0.2, -0.15) is 0 Å². The molecule has 0 spiro atoms. The molecule has 1 N–H and O–H groups in total. The van der Waals surface area contributed by atoms with Gasteiger partial charge in [-0.05, 0) is 29.2 Å². The van der Waals surface area contributed by atoms with Crippen molar-refractivity contribution in [1.82, 2.24) is 5.32 Å². The largest absolute Gasteiger partial charge is 0.316 e. The monoisotopic (exact) mass is 197 g/mol. The molecule has 0 aromatic rings. The molecule has 0 aromatic carbocycles. The molecule has 0 amide bonds. The minimum absolute atomic E-state index is 0.352. The Hall–Kier alpha value is -0.0400. The van der Waals surface area contributed by atoms with Crippen molar-refractivity contribution in [2.24, 2.45) is 22.2 Å². The van der Waals surface area contributed by atoms with Crippen molar-refractivity contribution in [2.75, 3.05) is 7.05 Å². The first-order valence-corrected chi connectivity index (χ1v) is 5.74. The van der Waals surface area contributed by atoms with Gasteiger partial charge in [0.1, 0.15) is 0 Å². The first kappa shape index (κ1) is 12.0. The van der Waals surface area contributed by atoms with Gasteiger partial charge in [-0.15, -0.1) is 0 Å². The van der Waals surface area contributed by atoms with Crippen molar-refractivity contribution in [1.29, 1.82) is 0 Å². The molecule has 1 fully saturated rings. The van der Waals surface area contributed by atoms with Crippen LogP contribution >= 0.6 is 0 Å². The van der Waals surface area contributed by atoms with E-state index in [-0.39, 0.29) is 0 Å². The fraction of sp³-hybridized carbons (Fsp3) is 1.00. The van der Waals surface area contributed by atoms with Crippen LogP contribution in [0.4, 0.5) is 0 Å². The molecule has 14 heavy (non-hydrogen) atoms. The van der Waals surface area contributed by atoms with Crippen molar-refractivity contribution < 1.29 is 0 Å². The van der Waals surface area contributed by atoms with Gasteiger partial charge in [0.15, 0.2) is 0 Å². The normalized spacial score (nSPS) is 27.4. The lowest BCUT2D eigenvalue weighted by atomic mass is 9.81. The summed E-state index contributed by atoms with van der Waals surface area (Å²) in [4.78, 5) is 0. The topological polar surface area (TPSA) is 12.0 Å². The molecule has 1 atom stereocenters. The van der Waals surface area contributed by atoms with Crippen molar-refractivity contribution in [2.45, 2.75) is 54.5 Å². The predicted molar refractivity (Wildman–Crippen MR) is 63.4 cm³/mol. The van der Waals surface area contributed by atoms with Crippen LogP contribution in [-0.4, -0.2) is 13.1 Å². The van der Waals surface area contributed by atoms with E-state index < -0.39 is 0 Å². The average molecular weight is 197 g/mol. The molecular weight excluding hydrogens is 170 g/mol. The van der Waals surface area contributed by atoms with Crippen molar-refractivity contribution in [3.05, 3.63) is 0 Å². The number of nitrogens with one attached hydrogen (secondary N) is 1. The van der Waals surface area contributed by atoms with Crippen LogP contribution in [0, 0.1) is 22.2 Å². The Bertz CT molecular complexity index is 206. The molecule has 0 saturated heterocycles. The van der Waals surface area contributed by atoms with Crippen LogP contribution in [0.1, 0.15) is 48.5 Å². The average Bonchev–Trinajstić information content (AvgIpc) is 2.30. The maximum atomic E-state index is 3.52. The van der Waals surface area contributed by atoms with Crippen LogP contribution in [-0.2, 0) is 0 Å². The van der Waals surface area contributed by atoms with Crippen molar-refractivity contribution in [3.63, 3.8) is 0 Å². The van der Waals surface area contributed by atoms with E-state index in [4.69, 9.17) is 0 Å². The third-order valence-electron chi connectivity index (χ3n) is 4.71. The lowest BCUT2D eigenvalue weighted by molar-refractivity contribution is 0.226. The molecule has 0 bridgehead atoms. The third kappa shape index (κ3) is 1.50. The van der Waals surface area contributed by atoms with E-state index in [0.717, 1.165) is 5.92 Å². The van der Waals surface area contributed by atoms with Gasteiger partial charge in [0.05, 0.1) is 0 Å². The summed E-state index contributed by atoms with van der Waals surface area (Å²) in [5.41, 5.74) is 1.31.